The zero-order valence-corrected chi connectivity index (χ0v) is 16.2. The van der Waals surface area contributed by atoms with Gasteiger partial charge in [-0.2, -0.15) is 0 Å². The topological polar surface area (TPSA) is 102 Å². The van der Waals surface area contributed by atoms with Crippen LogP contribution in [0.2, 0.25) is 0 Å². The third kappa shape index (κ3) is 4.25. The van der Waals surface area contributed by atoms with Crippen molar-refractivity contribution in [2.75, 3.05) is 7.11 Å². The number of carbonyl (C=O) groups is 1. The highest BCUT2D eigenvalue weighted by Crippen LogP contribution is 2.30. The van der Waals surface area contributed by atoms with Gasteiger partial charge in [0.15, 0.2) is 0 Å². The van der Waals surface area contributed by atoms with Crippen LogP contribution in [0.1, 0.15) is 32.3 Å². The maximum Gasteiger partial charge on any atom is 0.339 e. The van der Waals surface area contributed by atoms with E-state index in [-0.39, 0.29) is 16.2 Å². The van der Waals surface area contributed by atoms with Crippen molar-refractivity contribution in [1.82, 2.24) is 4.72 Å². The number of sulfonamides is 1. The molecule has 7 nitrogen and oxygen atoms in total. The lowest BCUT2D eigenvalue weighted by Crippen LogP contribution is -2.48. The predicted molar refractivity (Wildman–Crippen MR) is 95.8 cm³/mol. The summed E-state index contributed by atoms with van der Waals surface area (Å²) >= 11 is 0. The number of hydrogen-bond acceptors (Lipinski definition) is 6. The van der Waals surface area contributed by atoms with Gasteiger partial charge in [0.2, 0.25) is 10.0 Å². The Morgan fingerprint density at radius 2 is 1.92 bits per heavy atom. The summed E-state index contributed by atoms with van der Waals surface area (Å²) in [6.45, 7) is 5.32. The van der Waals surface area contributed by atoms with Crippen molar-refractivity contribution in [1.29, 1.82) is 0 Å². The number of aliphatic hydroxyl groups is 1. The summed E-state index contributed by atoms with van der Waals surface area (Å²) in [6, 6.07) is 5.78. The van der Waals surface area contributed by atoms with Crippen LogP contribution in [-0.4, -0.2) is 44.9 Å². The largest absolute Gasteiger partial charge is 0.490 e. The third-order valence-electron chi connectivity index (χ3n) is 4.34. The van der Waals surface area contributed by atoms with Crippen LogP contribution in [0.25, 0.3) is 0 Å². The number of benzene rings is 1. The van der Waals surface area contributed by atoms with Gasteiger partial charge in [-0.25, -0.2) is 17.9 Å². The number of rotatable bonds is 7. The van der Waals surface area contributed by atoms with Crippen LogP contribution in [0.5, 0.6) is 0 Å². The van der Waals surface area contributed by atoms with Crippen LogP contribution in [0, 0.1) is 6.92 Å². The molecule has 0 fully saturated rings. The molecule has 1 aliphatic rings. The van der Waals surface area contributed by atoms with E-state index in [1.54, 1.807) is 19.1 Å². The molecule has 2 N–H and O–H groups in total. The number of ether oxygens (including phenoxy) is 2. The van der Waals surface area contributed by atoms with Gasteiger partial charge in [-0.3, -0.25) is 0 Å². The van der Waals surface area contributed by atoms with E-state index >= 15 is 0 Å². The summed E-state index contributed by atoms with van der Waals surface area (Å²) < 4.78 is 38.3. The van der Waals surface area contributed by atoms with Crippen LogP contribution in [0.4, 0.5) is 0 Å². The average molecular weight is 383 g/mol. The van der Waals surface area contributed by atoms with E-state index < -0.39 is 34.2 Å². The number of nitrogens with one attached hydrogen (secondary N) is 1. The third-order valence-corrected chi connectivity index (χ3v) is 5.84. The zero-order chi connectivity index (χ0) is 19.5. The molecule has 0 bridgehead atoms. The molecule has 0 aromatic heterocycles. The minimum Gasteiger partial charge on any atom is -0.490 e. The van der Waals surface area contributed by atoms with Crippen LogP contribution >= 0.6 is 0 Å². The lowest BCUT2D eigenvalue weighted by atomic mass is 9.98. The number of hydrogen-bond donors (Lipinski definition) is 2. The minimum absolute atomic E-state index is 0.0214. The fourth-order valence-corrected chi connectivity index (χ4v) is 4.25. The van der Waals surface area contributed by atoms with Crippen molar-refractivity contribution in [2.24, 2.45) is 0 Å². The molecule has 0 saturated heterocycles. The molecule has 0 saturated carbocycles. The number of carbonyl (C=O) groups excluding carboxylic acids is 1. The van der Waals surface area contributed by atoms with E-state index in [2.05, 4.69) is 9.46 Å². The quantitative estimate of drug-likeness (QED) is 0.694. The molecular weight excluding hydrogens is 358 g/mol. The van der Waals surface area contributed by atoms with E-state index in [4.69, 9.17) is 4.74 Å². The first-order chi connectivity index (χ1) is 12.2. The standard InChI is InChI=1S/C18H25NO6S/c1-5-6-14(17-16(20)15(12(3)25-17)18(21)24-4)19-26(22,23)13-9-7-11(2)8-10-13/h7-10,14,16-17,19-20H,5-6H2,1-4H3/t14-,16-,17-/m1/s1. The smallest absolute Gasteiger partial charge is 0.339 e. The predicted octanol–water partition coefficient (Wildman–Crippen LogP) is 1.65. The van der Waals surface area contributed by atoms with Gasteiger partial charge in [-0.1, -0.05) is 31.0 Å². The lowest BCUT2D eigenvalue weighted by Gasteiger charge is -2.27. The fraction of sp³-hybridized carbons (Fsp3) is 0.500. The molecule has 144 valence electrons. The normalized spacial score (nSPS) is 21.4. The number of methoxy groups -OCH3 is 1. The molecule has 8 heteroatoms. The molecule has 1 aliphatic heterocycles. The SMILES string of the molecule is CCC[C@@H](NS(=O)(=O)c1ccc(C)cc1)[C@H]1OC(C)=C(C(=O)OC)[C@H]1O. The van der Waals surface area contributed by atoms with Crippen molar-refractivity contribution in [3.05, 3.63) is 41.2 Å². The van der Waals surface area contributed by atoms with Crippen LogP contribution in [0.15, 0.2) is 40.5 Å². The molecular formula is C18H25NO6S. The second kappa shape index (κ2) is 8.20. The maximum absolute atomic E-state index is 12.7. The molecule has 2 rings (SSSR count). The highest BCUT2D eigenvalue weighted by atomic mass is 32.2. The van der Waals surface area contributed by atoms with E-state index in [1.165, 1.54) is 19.2 Å². The summed E-state index contributed by atoms with van der Waals surface area (Å²) in [5.41, 5.74) is 0.972. The molecule has 0 amide bonds. The van der Waals surface area contributed by atoms with Crippen LogP contribution < -0.4 is 4.72 Å². The molecule has 0 unspecified atom stereocenters. The Labute approximate surface area is 154 Å². The Balaban J connectivity index is 2.24. The Morgan fingerprint density at radius 1 is 1.31 bits per heavy atom. The van der Waals surface area contributed by atoms with Crippen molar-refractivity contribution in [3.8, 4) is 0 Å². The molecule has 1 aromatic rings. The van der Waals surface area contributed by atoms with Gasteiger partial charge in [0.25, 0.3) is 0 Å². The van der Waals surface area contributed by atoms with E-state index in [1.807, 2.05) is 13.8 Å². The lowest BCUT2D eigenvalue weighted by molar-refractivity contribution is -0.137. The second-order valence-corrected chi connectivity index (χ2v) is 8.03. The van der Waals surface area contributed by atoms with E-state index in [0.717, 1.165) is 5.56 Å². The number of aliphatic hydroxyl groups excluding tert-OH is 1. The zero-order valence-electron chi connectivity index (χ0n) is 15.4. The van der Waals surface area contributed by atoms with Crippen LogP contribution in [-0.2, 0) is 24.3 Å². The van der Waals surface area contributed by atoms with Gasteiger partial charge >= 0.3 is 5.97 Å². The molecule has 0 aliphatic carbocycles. The van der Waals surface area contributed by atoms with Gasteiger partial charge < -0.3 is 14.6 Å². The number of allylic oxidation sites excluding steroid dienone is 1. The van der Waals surface area contributed by atoms with Crippen molar-refractivity contribution < 1.29 is 27.8 Å². The average Bonchev–Trinajstić information content (AvgIpc) is 2.88. The van der Waals surface area contributed by atoms with Crippen molar-refractivity contribution in [3.63, 3.8) is 0 Å². The molecule has 26 heavy (non-hydrogen) atoms. The fourth-order valence-electron chi connectivity index (χ4n) is 2.97. The highest BCUT2D eigenvalue weighted by molar-refractivity contribution is 7.89. The summed E-state index contributed by atoms with van der Waals surface area (Å²) in [5.74, 6) is -0.445. The molecule has 0 spiro atoms. The van der Waals surface area contributed by atoms with Gasteiger partial charge in [0.1, 0.15) is 23.5 Å². The summed E-state index contributed by atoms with van der Waals surface area (Å²) in [4.78, 5) is 12.0. The van der Waals surface area contributed by atoms with Gasteiger partial charge in [-0.15, -0.1) is 0 Å². The molecule has 3 atom stereocenters. The Morgan fingerprint density at radius 3 is 2.46 bits per heavy atom. The Kier molecular flexibility index (Phi) is 6.44. The molecule has 0 radical (unpaired) electrons. The van der Waals surface area contributed by atoms with Crippen LogP contribution in [0.3, 0.4) is 0 Å². The van der Waals surface area contributed by atoms with E-state index in [0.29, 0.717) is 12.8 Å². The summed E-state index contributed by atoms with van der Waals surface area (Å²) in [7, 11) is -2.58. The minimum atomic E-state index is -3.80. The summed E-state index contributed by atoms with van der Waals surface area (Å²) in [5, 5.41) is 10.5. The first-order valence-electron chi connectivity index (χ1n) is 8.44. The van der Waals surface area contributed by atoms with Crippen molar-refractivity contribution >= 4 is 16.0 Å². The highest BCUT2D eigenvalue weighted by Gasteiger charge is 2.43. The van der Waals surface area contributed by atoms with E-state index in [9.17, 15) is 18.3 Å². The molecule has 1 aromatic carbocycles. The number of esters is 1. The van der Waals surface area contributed by atoms with Gasteiger partial charge in [0.05, 0.1) is 18.0 Å². The second-order valence-electron chi connectivity index (χ2n) is 6.32. The summed E-state index contributed by atoms with van der Waals surface area (Å²) in [6.07, 6.45) is -1.06. The Hall–Kier alpha value is -1.90. The number of aryl methyl sites for hydroxylation is 1. The maximum atomic E-state index is 12.7. The first kappa shape index (κ1) is 20.4. The Bertz CT molecular complexity index is 784. The van der Waals surface area contributed by atoms with Gasteiger partial charge in [-0.05, 0) is 32.4 Å². The molecule has 1 heterocycles. The first-order valence-corrected chi connectivity index (χ1v) is 9.92. The van der Waals surface area contributed by atoms with Crippen molar-refractivity contribution in [2.45, 2.75) is 56.8 Å². The monoisotopic (exact) mass is 383 g/mol. The van der Waals surface area contributed by atoms with Gasteiger partial charge in [0, 0.05) is 0 Å².